The molecule has 0 saturated carbocycles. The molecule has 0 aliphatic rings. The predicted molar refractivity (Wildman–Crippen MR) is 202 cm³/mol. The Morgan fingerprint density at radius 1 is 0.489 bits per heavy atom. The third-order valence-electron chi connectivity index (χ3n) is 10.9. The van der Waals surface area contributed by atoms with Gasteiger partial charge < -0.3 is 9.13 Å². The van der Waals surface area contributed by atoms with Crippen molar-refractivity contribution in [2.75, 3.05) is 0 Å². The fourth-order valence-electron chi connectivity index (χ4n) is 7.80. The highest BCUT2D eigenvalue weighted by atomic mass is 15.0. The van der Waals surface area contributed by atoms with E-state index in [1.54, 1.807) is 0 Å². The van der Waals surface area contributed by atoms with E-state index >= 15 is 0 Å². The summed E-state index contributed by atoms with van der Waals surface area (Å²) in [6, 6.07) is 51.7. The molecular weight excluding hydrogens is 569 g/mol. The number of hydrogen-bond donors (Lipinski definition) is 0. The molecule has 2 aromatic heterocycles. The van der Waals surface area contributed by atoms with Gasteiger partial charge in [-0.3, -0.25) is 0 Å². The molecular formula is C45H42N2. The molecule has 0 fully saturated rings. The summed E-state index contributed by atoms with van der Waals surface area (Å²) in [5.41, 5.74) is 11.4. The minimum Gasteiger partial charge on any atom is -0.309 e. The molecule has 0 bridgehead atoms. The summed E-state index contributed by atoms with van der Waals surface area (Å²) in [5.74, 6) is 0.666. The van der Waals surface area contributed by atoms with Crippen molar-refractivity contribution in [2.45, 2.75) is 47.0 Å². The van der Waals surface area contributed by atoms with E-state index in [-0.39, 0.29) is 0 Å². The molecule has 0 amide bonds. The highest BCUT2D eigenvalue weighted by molar-refractivity contribution is 6.10. The third-order valence-corrected chi connectivity index (χ3v) is 10.9. The quantitative estimate of drug-likeness (QED) is 0.162. The Kier molecular flexibility index (Phi) is 7.25. The van der Waals surface area contributed by atoms with Gasteiger partial charge in [0.2, 0.25) is 0 Å². The van der Waals surface area contributed by atoms with Gasteiger partial charge in [0.05, 0.1) is 22.1 Å². The molecule has 47 heavy (non-hydrogen) atoms. The first kappa shape index (κ1) is 29.3. The summed E-state index contributed by atoms with van der Waals surface area (Å²) in [7, 11) is 0. The van der Waals surface area contributed by atoms with Crippen LogP contribution in [-0.4, -0.2) is 9.13 Å². The molecule has 6 aromatic carbocycles. The molecule has 2 heteroatoms. The van der Waals surface area contributed by atoms with Gasteiger partial charge in [-0.1, -0.05) is 138 Å². The Labute approximate surface area is 277 Å². The summed E-state index contributed by atoms with van der Waals surface area (Å²) in [6.45, 7) is 9.51. The fraction of sp³-hybridized carbons (Fsp3) is 0.200. The molecule has 8 rings (SSSR count). The molecule has 0 spiro atoms. The van der Waals surface area contributed by atoms with Crippen LogP contribution in [-0.2, 0) is 6.42 Å². The summed E-state index contributed by atoms with van der Waals surface area (Å²) >= 11 is 0. The van der Waals surface area contributed by atoms with E-state index in [4.69, 9.17) is 0 Å². The van der Waals surface area contributed by atoms with Crippen LogP contribution in [0.1, 0.15) is 46.1 Å². The zero-order valence-corrected chi connectivity index (χ0v) is 27.9. The van der Waals surface area contributed by atoms with E-state index in [1.165, 1.54) is 73.1 Å². The number of hydrogen-bond acceptors (Lipinski definition) is 0. The van der Waals surface area contributed by atoms with Crippen LogP contribution in [0, 0.1) is 11.3 Å². The Balaban J connectivity index is 1.35. The van der Waals surface area contributed by atoms with Gasteiger partial charge in [-0.25, -0.2) is 0 Å². The lowest BCUT2D eigenvalue weighted by Gasteiger charge is -2.33. The zero-order valence-electron chi connectivity index (χ0n) is 27.9. The molecule has 8 aromatic rings. The van der Waals surface area contributed by atoms with Crippen molar-refractivity contribution in [3.63, 3.8) is 0 Å². The van der Waals surface area contributed by atoms with Gasteiger partial charge in [-0.05, 0) is 76.9 Å². The Bertz CT molecular complexity index is 2140. The monoisotopic (exact) mass is 610 g/mol. The van der Waals surface area contributed by atoms with Crippen LogP contribution in [0.5, 0.6) is 0 Å². The second kappa shape index (κ2) is 11.6. The maximum absolute atomic E-state index is 2.44. The maximum Gasteiger partial charge on any atom is 0.0541 e. The Hall–Kier alpha value is -5.08. The summed E-state index contributed by atoms with van der Waals surface area (Å²) < 4.78 is 4.89. The molecule has 0 N–H and O–H groups in total. The molecule has 1 atom stereocenters. The van der Waals surface area contributed by atoms with Crippen molar-refractivity contribution in [1.29, 1.82) is 0 Å². The van der Waals surface area contributed by atoms with Crippen molar-refractivity contribution in [3.8, 4) is 22.5 Å². The van der Waals surface area contributed by atoms with Crippen LogP contribution in [0.4, 0.5) is 0 Å². The first-order valence-electron chi connectivity index (χ1n) is 17.2. The summed E-state index contributed by atoms with van der Waals surface area (Å²) in [4.78, 5) is 0. The van der Waals surface area contributed by atoms with Gasteiger partial charge in [-0.15, -0.1) is 0 Å². The average Bonchev–Trinajstić information content (AvgIpc) is 3.64. The number of para-hydroxylation sites is 4. The van der Waals surface area contributed by atoms with Crippen LogP contribution in [0.15, 0.2) is 140 Å². The number of benzene rings is 6. The SMILES string of the molecule is CCC(Cc1ccc(-c2cc(-n3c4ccccc4c4ccccc43)cc(-n3c4ccccc4c4ccccc43)c2)cc1)C(C)(C)CC. The Morgan fingerprint density at radius 3 is 1.28 bits per heavy atom. The van der Waals surface area contributed by atoms with Gasteiger partial charge in [0.1, 0.15) is 0 Å². The first-order valence-corrected chi connectivity index (χ1v) is 17.2. The van der Waals surface area contributed by atoms with Crippen LogP contribution in [0.2, 0.25) is 0 Å². The average molecular weight is 611 g/mol. The zero-order chi connectivity index (χ0) is 32.1. The maximum atomic E-state index is 2.44. The van der Waals surface area contributed by atoms with Gasteiger partial charge in [0, 0.05) is 32.9 Å². The van der Waals surface area contributed by atoms with Gasteiger partial charge >= 0.3 is 0 Å². The minimum absolute atomic E-state index is 0.335. The number of fused-ring (bicyclic) bond motifs is 6. The second-order valence-corrected chi connectivity index (χ2v) is 13.8. The van der Waals surface area contributed by atoms with E-state index in [2.05, 4.69) is 176 Å². The van der Waals surface area contributed by atoms with Gasteiger partial charge in [0.15, 0.2) is 0 Å². The van der Waals surface area contributed by atoms with Crippen molar-refractivity contribution in [2.24, 2.45) is 11.3 Å². The van der Waals surface area contributed by atoms with Crippen LogP contribution in [0.3, 0.4) is 0 Å². The van der Waals surface area contributed by atoms with Crippen molar-refractivity contribution < 1.29 is 0 Å². The number of nitrogens with zero attached hydrogens (tertiary/aromatic N) is 2. The highest BCUT2D eigenvalue weighted by Gasteiger charge is 2.26. The largest absolute Gasteiger partial charge is 0.309 e. The second-order valence-electron chi connectivity index (χ2n) is 13.8. The molecule has 0 aliphatic heterocycles. The van der Waals surface area contributed by atoms with Gasteiger partial charge in [-0.2, -0.15) is 0 Å². The van der Waals surface area contributed by atoms with E-state index in [1.807, 2.05) is 0 Å². The van der Waals surface area contributed by atoms with Crippen molar-refractivity contribution in [3.05, 3.63) is 145 Å². The molecule has 2 nitrogen and oxygen atoms in total. The molecule has 0 saturated heterocycles. The molecule has 0 radical (unpaired) electrons. The summed E-state index contributed by atoms with van der Waals surface area (Å²) in [5, 5.41) is 5.10. The van der Waals surface area contributed by atoms with E-state index in [0.29, 0.717) is 11.3 Å². The summed E-state index contributed by atoms with van der Waals surface area (Å²) in [6.07, 6.45) is 3.52. The van der Waals surface area contributed by atoms with Crippen LogP contribution in [0.25, 0.3) is 66.1 Å². The number of aromatic nitrogens is 2. The standard InChI is InChI=1S/C45H42N2/c1-5-34(45(3,4)6-2)27-31-23-25-32(26-24-31)33-28-35(46-41-19-11-7-15-37(41)38-16-8-12-20-42(38)46)30-36(29-33)47-43-21-13-9-17-39(43)40-18-10-14-22-44(40)47/h7-26,28-30,34H,5-6,27H2,1-4H3. The molecule has 232 valence electrons. The lowest BCUT2D eigenvalue weighted by atomic mass is 9.72. The molecule has 0 aliphatic carbocycles. The number of rotatable bonds is 8. The predicted octanol–water partition coefficient (Wildman–Crippen LogP) is 12.6. The molecule has 2 heterocycles. The van der Waals surface area contributed by atoms with Crippen molar-refractivity contribution in [1.82, 2.24) is 9.13 Å². The van der Waals surface area contributed by atoms with E-state index in [9.17, 15) is 0 Å². The third kappa shape index (κ3) is 4.95. The minimum atomic E-state index is 0.335. The van der Waals surface area contributed by atoms with E-state index in [0.717, 1.165) is 17.8 Å². The highest BCUT2D eigenvalue weighted by Crippen LogP contribution is 2.39. The van der Waals surface area contributed by atoms with Crippen LogP contribution < -0.4 is 0 Å². The van der Waals surface area contributed by atoms with E-state index < -0.39 is 0 Å². The van der Waals surface area contributed by atoms with Crippen LogP contribution >= 0.6 is 0 Å². The lowest BCUT2D eigenvalue weighted by Crippen LogP contribution is -2.24. The van der Waals surface area contributed by atoms with Gasteiger partial charge in [0.25, 0.3) is 0 Å². The van der Waals surface area contributed by atoms with Crippen molar-refractivity contribution >= 4 is 43.6 Å². The smallest absolute Gasteiger partial charge is 0.0541 e. The Morgan fingerprint density at radius 2 is 0.894 bits per heavy atom. The normalized spacial score (nSPS) is 12.9. The topological polar surface area (TPSA) is 9.86 Å². The first-order chi connectivity index (χ1) is 23.0. The lowest BCUT2D eigenvalue weighted by molar-refractivity contribution is 0.196. The molecule has 1 unspecified atom stereocenters. The fourth-order valence-corrected chi connectivity index (χ4v) is 7.80.